The number of nitrogens with two attached hydrogens (primary N) is 2. The van der Waals surface area contributed by atoms with E-state index in [9.17, 15) is 199 Å². The number of carboxylic acid groups (broad SMARTS) is 2. The first-order valence-corrected chi connectivity index (χ1v) is 42.6. The molecule has 11 saturated heterocycles. The van der Waals surface area contributed by atoms with E-state index in [1.54, 1.807) is 0 Å². The van der Waals surface area contributed by atoms with Crippen molar-refractivity contribution in [2.45, 2.75) is 368 Å². The van der Waals surface area contributed by atoms with Crippen molar-refractivity contribution in [3.8, 4) is 0 Å². The topological polar surface area (TPSA) is 1030 Å². The fourth-order valence-electron chi connectivity index (χ4n) is 17.2. The van der Waals surface area contributed by atoms with Gasteiger partial charge in [0.25, 0.3) is 11.6 Å². The largest absolute Gasteiger partial charge is 0.477 e. The standard InChI is InChI=1S/C73H124N2O60/c74-15-1-16(83)27(123-62(15)116-12-28-35(94)37(96)30(75)61(110)119-28)14-118-72(70(111)112)3-23(133-73(71(113)114)2-17(84)31(90)54(134-73)20(87)6-78)56(55(135-72)21(88)7-79)128-67-49(108)58(46(105)52(126-67)19(86)5-77)130-68-50(109)59(47(106)53(127-68)22(89)11-115-64-44(103)40(99)42(101)51(125-64)18(85)4-76)129-66-48(107)57(36(95)29(124-66)13-117-63-43(102)38(97)32(91)24(8-80)120-63)131-69-60(41(100)34(93)26(10-82)122-69)132-65-45(104)39(98)33(92)25(9-81)121-65/h15-69,76-110H,1-14,74-75H2,(H,111,112)(H,113,114)/t15-,16+,17-,18+,19+,20-,21-,22+,23-,24-,25-,26-,27-,28-,29-,30-,31-,32+,33-,34-,35-,36-,37-,38+,39+,40+,41+,42+,43-,44+,45-,46-,47-,48-,49+,50+,51-,52-,53-,54-,55-,56-,57+,58+,59+,60-,61+,62+,63+,64+,65-,66-,67-,68-,69-,72-,73-/m1/s1. The van der Waals surface area contributed by atoms with Crippen LogP contribution in [0.1, 0.15) is 19.3 Å². The summed E-state index contributed by atoms with van der Waals surface area (Å²) in [4.78, 5) is 27.9. The average Bonchev–Trinajstić information content (AvgIpc) is 0.738. The van der Waals surface area contributed by atoms with E-state index in [-0.39, 0.29) is 0 Å². The first kappa shape index (κ1) is 112. The molecule has 0 amide bonds. The molecule has 0 bridgehead atoms. The maximum Gasteiger partial charge on any atom is 0.364 e. The third-order valence-corrected chi connectivity index (χ3v) is 25.2. The van der Waals surface area contributed by atoms with Gasteiger partial charge in [-0.25, -0.2) is 9.59 Å². The zero-order chi connectivity index (χ0) is 99.7. The second-order valence-corrected chi connectivity index (χ2v) is 34.4. The second-order valence-electron chi connectivity index (χ2n) is 34.4. The molecule has 0 unspecified atom stereocenters. The maximum atomic E-state index is 14.1. The van der Waals surface area contributed by atoms with Crippen molar-refractivity contribution in [3.63, 3.8) is 0 Å². The number of carbonyl (C=O) groups is 2. The second kappa shape index (κ2) is 47.6. The van der Waals surface area contributed by atoms with Crippen LogP contribution in [0.4, 0.5) is 0 Å². The van der Waals surface area contributed by atoms with Gasteiger partial charge in [-0.05, 0) is 6.42 Å². The molecular weight excluding hydrogens is 1860 g/mol. The third kappa shape index (κ3) is 23.9. The minimum absolute atomic E-state index is 0.504. The fourth-order valence-corrected chi connectivity index (χ4v) is 17.2. The molecule has 0 spiro atoms. The van der Waals surface area contributed by atoms with Crippen molar-refractivity contribution in [2.24, 2.45) is 11.5 Å². The van der Waals surface area contributed by atoms with Gasteiger partial charge >= 0.3 is 11.9 Å². The summed E-state index contributed by atoms with van der Waals surface area (Å²) in [5.41, 5.74) is 11.9. The van der Waals surface area contributed by atoms with Crippen molar-refractivity contribution >= 4 is 11.9 Å². The van der Waals surface area contributed by atoms with Crippen LogP contribution in [0.25, 0.3) is 0 Å². The SMILES string of the molecule is N[C@@H]1[C@@H](O)[C@H](O)[C@@H](CO[C@H]2O[C@H](CO[C@]3(C(=O)O)C[C@@H](O[C@]4(C(=O)O)C[C@@H](O)[C@@H](O)[C@@H]([C@H](O)CO)O4)[C@@H](O[C@H]4O[C@H]([C@@H](O)CO)[C@@H](O)[C@H](O[C@H]5O[C@H]([C@@H](O)CO[C@H]6O[C@H]([C@@H](O)CO)[C@@H](O)[C@H](O)[C@@H]6O)[C@@H](O)[C@H](O[C@H]6O[C@H](CO[C@H]7O[C@H](CO)[C@H](O)[C@H](O)[C@H]7O)[C@@H](O)[C@H](O[C@H]7O[C@H](CO)[C@@H](O)[C@H](O)[C@H]7O[C@H]7O[C@H](CO)[C@@H](O)[C@H](O)[C@H]7O)[C@H]6O)[C@@H]5O)[C@@H]4O)[C@@H]([C@H](O)CO)O3)[C@@H](O)C[C@H]2N)O[C@@H]1O. The van der Waals surface area contributed by atoms with Gasteiger partial charge in [0.15, 0.2) is 56.6 Å². The Bertz CT molecular complexity index is 3630. The molecule has 0 radical (unpaired) electrons. The molecule has 0 saturated carbocycles. The van der Waals surface area contributed by atoms with Crippen LogP contribution in [0.3, 0.4) is 0 Å². The molecule has 11 fully saturated rings. The summed E-state index contributed by atoms with van der Waals surface area (Å²) in [7, 11) is 0. The molecule has 11 aliphatic rings. The monoisotopic (exact) mass is 1990 g/mol. The highest BCUT2D eigenvalue weighted by Gasteiger charge is 2.66. The number of hydrogen-bond acceptors (Lipinski definition) is 60. The van der Waals surface area contributed by atoms with E-state index in [1.165, 1.54) is 0 Å². The van der Waals surface area contributed by atoms with Gasteiger partial charge in [0, 0.05) is 12.8 Å². The predicted octanol–water partition coefficient (Wildman–Crippen LogP) is -26.2. The molecular formula is C73H124N2O60. The van der Waals surface area contributed by atoms with Gasteiger partial charge < -0.3 is 300 Å². The van der Waals surface area contributed by atoms with Crippen molar-refractivity contribution in [1.82, 2.24) is 0 Å². The fraction of sp³-hybridized carbons (Fsp3) is 0.973. The molecule has 62 nitrogen and oxygen atoms in total. The van der Waals surface area contributed by atoms with Crippen molar-refractivity contribution in [1.29, 1.82) is 0 Å². The Balaban J connectivity index is 0.958. The summed E-state index contributed by atoms with van der Waals surface area (Å²) >= 11 is 0. The number of rotatable bonds is 38. The van der Waals surface area contributed by atoms with E-state index < -0.39 is 453 Å². The Morgan fingerprint density at radius 2 is 0.689 bits per heavy atom. The normalized spacial score (nSPS) is 50.3. The first-order chi connectivity index (χ1) is 63.6. The summed E-state index contributed by atoms with van der Waals surface area (Å²) in [6, 6.07) is -2.81. The van der Waals surface area contributed by atoms with Gasteiger partial charge in [0.05, 0.1) is 103 Å². The Morgan fingerprint density at radius 3 is 1.21 bits per heavy atom. The highest BCUT2D eigenvalue weighted by molar-refractivity contribution is 5.77. The molecule has 11 heterocycles. The summed E-state index contributed by atoms with van der Waals surface area (Å²) in [5, 5.41) is 412. The lowest BCUT2D eigenvalue weighted by molar-refractivity contribution is -0.412. The zero-order valence-electron chi connectivity index (χ0n) is 70.7. The van der Waals surface area contributed by atoms with Crippen LogP contribution in [-0.2, 0) is 109 Å². The minimum atomic E-state index is -3.60. The molecule has 41 N–H and O–H groups in total. The van der Waals surface area contributed by atoms with Crippen LogP contribution in [0.5, 0.6) is 0 Å². The number of aliphatic hydroxyl groups is 35. The van der Waals surface area contributed by atoms with Crippen LogP contribution in [0.2, 0.25) is 0 Å². The van der Waals surface area contributed by atoms with E-state index in [2.05, 4.69) is 0 Å². The van der Waals surface area contributed by atoms with Gasteiger partial charge in [0.2, 0.25) is 0 Å². The highest BCUT2D eigenvalue weighted by Crippen LogP contribution is 2.46. The smallest absolute Gasteiger partial charge is 0.364 e. The Labute approximate surface area is 760 Å². The molecule has 0 aromatic carbocycles. The van der Waals surface area contributed by atoms with Gasteiger partial charge in [-0.15, -0.1) is 0 Å². The van der Waals surface area contributed by atoms with Crippen LogP contribution < -0.4 is 11.5 Å². The zero-order valence-corrected chi connectivity index (χ0v) is 70.7. The van der Waals surface area contributed by atoms with Gasteiger partial charge in [-0.3, -0.25) is 0 Å². The quantitative estimate of drug-likeness (QED) is 0.0273. The minimum Gasteiger partial charge on any atom is -0.477 e. The summed E-state index contributed by atoms with van der Waals surface area (Å²) in [6.07, 6.45) is -128. The molecule has 0 aromatic rings. The van der Waals surface area contributed by atoms with Gasteiger partial charge in [-0.1, -0.05) is 0 Å². The van der Waals surface area contributed by atoms with E-state index in [4.69, 9.17) is 111 Å². The summed E-state index contributed by atoms with van der Waals surface area (Å²) in [6.45, 7) is -13.6. The Hall–Kier alpha value is -3.38. The van der Waals surface area contributed by atoms with E-state index in [1.807, 2.05) is 0 Å². The molecule has 57 atom stereocenters. The molecule has 11 aliphatic heterocycles. The summed E-state index contributed by atoms with van der Waals surface area (Å²) in [5.74, 6) is -11.8. The molecule has 62 heteroatoms. The van der Waals surface area contributed by atoms with Gasteiger partial charge in [-0.2, -0.15) is 0 Å². The molecule has 0 aliphatic carbocycles. The number of aliphatic hydroxyl groups excluding tert-OH is 35. The first-order valence-electron chi connectivity index (χ1n) is 42.6. The number of ether oxygens (including phenoxy) is 21. The van der Waals surface area contributed by atoms with Crippen LogP contribution in [-0.4, -0.2) is 622 Å². The van der Waals surface area contributed by atoms with Gasteiger partial charge in [0.1, 0.15) is 250 Å². The highest BCUT2D eigenvalue weighted by atomic mass is 16.8. The predicted molar refractivity (Wildman–Crippen MR) is 405 cm³/mol. The lowest BCUT2D eigenvalue weighted by atomic mass is 9.89. The Kier molecular flexibility index (Phi) is 39.5. The van der Waals surface area contributed by atoms with Crippen molar-refractivity contribution < 1.29 is 298 Å². The number of hydrogen-bond donors (Lipinski definition) is 39. The molecule has 786 valence electrons. The Morgan fingerprint density at radius 1 is 0.311 bits per heavy atom. The van der Waals surface area contributed by atoms with E-state index >= 15 is 0 Å². The van der Waals surface area contributed by atoms with Crippen molar-refractivity contribution in [2.75, 3.05) is 72.7 Å². The van der Waals surface area contributed by atoms with E-state index in [0.717, 1.165) is 0 Å². The molecule has 0 aromatic heterocycles. The number of aliphatic carboxylic acids is 2. The third-order valence-electron chi connectivity index (χ3n) is 25.2. The van der Waals surface area contributed by atoms with Crippen molar-refractivity contribution in [3.05, 3.63) is 0 Å². The lowest BCUT2D eigenvalue weighted by Crippen LogP contribution is -2.71. The van der Waals surface area contributed by atoms with Crippen LogP contribution in [0, 0.1) is 0 Å². The molecule has 11 rings (SSSR count). The number of carboxylic acids is 2. The molecule has 135 heavy (non-hydrogen) atoms. The van der Waals surface area contributed by atoms with Crippen LogP contribution >= 0.6 is 0 Å². The summed E-state index contributed by atoms with van der Waals surface area (Å²) < 4.78 is 122. The van der Waals surface area contributed by atoms with Crippen LogP contribution in [0.15, 0.2) is 0 Å². The average molecular weight is 1990 g/mol. The maximum absolute atomic E-state index is 14.1. The lowest BCUT2D eigenvalue weighted by Gasteiger charge is -2.52. The van der Waals surface area contributed by atoms with E-state index in [0.29, 0.717) is 0 Å².